The molecule has 128 valence electrons. The molecular formula is C18H20ClNO3S. The molecule has 2 heterocycles. The molecule has 0 aliphatic carbocycles. The monoisotopic (exact) mass is 365 g/mol. The van der Waals surface area contributed by atoms with Gasteiger partial charge < -0.3 is 14.1 Å². The third-order valence-electron chi connectivity index (χ3n) is 4.06. The van der Waals surface area contributed by atoms with E-state index in [9.17, 15) is 4.79 Å². The summed E-state index contributed by atoms with van der Waals surface area (Å²) in [6.45, 7) is 7.01. The number of hydrogen-bond donors (Lipinski definition) is 0. The van der Waals surface area contributed by atoms with Gasteiger partial charge in [-0.2, -0.15) is 0 Å². The maximum atomic E-state index is 12.2. The molecule has 1 amide bonds. The molecule has 0 atom stereocenters. The zero-order valence-corrected chi connectivity index (χ0v) is 15.2. The Kier molecular flexibility index (Phi) is 5.41. The van der Waals surface area contributed by atoms with Crippen LogP contribution in [0.2, 0.25) is 5.02 Å². The summed E-state index contributed by atoms with van der Waals surface area (Å²) >= 11 is 8.14. The summed E-state index contributed by atoms with van der Waals surface area (Å²) in [6.07, 6.45) is 2.28. The summed E-state index contributed by atoms with van der Waals surface area (Å²) in [5.41, 5.74) is 2.94. The van der Waals surface area contributed by atoms with Crippen LogP contribution in [-0.2, 0) is 23.5 Å². The zero-order chi connectivity index (χ0) is 17.1. The Morgan fingerprint density at radius 3 is 3.08 bits per heavy atom. The Morgan fingerprint density at radius 1 is 1.50 bits per heavy atom. The van der Waals surface area contributed by atoms with Crippen molar-refractivity contribution >= 4 is 40.4 Å². The van der Waals surface area contributed by atoms with Crippen molar-refractivity contribution in [3.63, 3.8) is 0 Å². The van der Waals surface area contributed by atoms with Gasteiger partial charge in [-0.15, -0.1) is 18.3 Å². The molecular weight excluding hydrogens is 346 g/mol. The van der Waals surface area contributed by atoms with Crippen molar-refractivity contribution in [2.75, 3.05) is 18.9 Å². The smallest absolute Gasteiger partial charge is 0.410 e. The summed E-state index contributed by atoms with van der Waals surface area (Å²) in [5, 5.41) is 1.78. The second-order valence-electron chi connectivity index (χ2n) is 5.58. The highest BCUT2D eigenvalue weighted by Crippen LogP contribution is 2.37. The fourth-order valence-corrected chi connectivity index (χ4v) is 3.96. The van der Waals surface area contributed by atoms with Gasteiger partial charge in [0.05, 0.1) is 18.9 Å². The minimum atomic E-state index is -0.291. The molecule has 0 N–H and O–H groups in total. The summed E-state index contributed by atoms with van der Waals surface area (Å²) in [6, 6.07) is 3.78. The third kappa shape index (κ3) is 3.28. The second kappa shape index (κ2) is 7.53. The Labute approximate surface area is 150 Å². The van der Waals surface area contributed by atoms with Gasteiger partial charge in [-0.3, -0.25) is 0 Å². The Hall–Kier alpha value is -1.59. The van der Waals surface area contributed by atoms with Gasteiger partial charge in [0.1, 0.15) is 11.3 Å². The minimum absolute atomic E-state index is 0.291. The zero-order valence-electron chi connectivity index (χ0n) is 13.6. The maximum absolute atomic E-state index is 12.2. The predicted molar refractivity (Wildman–Crippen MR) is 98.7 cm³/mol. The van der Waals surface area contributed by atoms with E-state index in [4.69, 9.17) is 20.8 Å². The second-order valence-corrected chi connectivity index (χ2v) is 7.01. The molecule has 24 heavy (non-hydrogen) atoms. The van der Waals surface area contributed by atoms with Crippen molar-refractivity contribution in [2.24, 2.45) is 0 Å². The Balaban J connectivity index is 2.02. The van der Waals surface area contributed by atoms with Crippen molar-refractivity contribution in [3.05, 3.63) is 46.7 Å². The van der Waals surface area contributed by atoms with Crippen LogP contribution < -0.4 is 0 Å². The third-order valence-corrected chi connectivity index (χ3v) is 5.36. The lowest BCUT2D eigenvalue weighted by Gasteiger charge is -2.20. The van der Waals surface area contributed by atoms with Crippen LogP contribution in [0.15, 0.2) is 29.2 Å². The first-order valence-corrected chi connectivity index (χ1v) is 9.51. The average Bonchev–Trinajstić information content (AvgIpc) is 2.77. The molecule has 0 saturated carbocycles. The predicted octanol–water partition coefficient (Wildman–Crippen LogP) is 5.02. The number of benzene rings is 1. The van der Waals surface area contributed by atoms with Crippen LogP contribution in [-0.4, -0.2) is 29.9 Å². The van der Waals surface area contributed by atoms with Gasteiger partial charge in [0.25, 0.3) is 0 Å². The highest BCUT2D eigenvalue weighted by molar-refractivity contribution is 7.98. The van der Waals surface area contributed by atoms with E-state index in [0.717, 1.165) is 44.4 Å². The van der Waals surface area contributed by atoms with Crippen molar-refractivity contribution in [1.82, 2.24) is 4.90 Å². The first-order valence-electron chi connectivity index (χ1n) is 7.97. The van der Waals surface area contributed by atoms with Crippen molar-refractivity contribution in [3.8, 4) is 0 Å². The number of carbonyl (C=O) groups excluding carboxylic acids is 1. The lowest BCUT2D eigenvalue weighted by atomic mass is 10.0. The SMILES string of the molecule is C=CCSCc1oc2ccc(Cl)c3c2c1CN(C(=O)OCC)CC3. The number of nitrogens with zero attached hydrogens (tertiary/aromatic N) is 1. The van der Waals surface area contributed by atoms with Gasteiger partial charge in [-0.25, -0.2) is 4.79 Å². The lowest BCUT2D eigenvalue weighted by molar-refractivity contribution is 0.105. The van der Waals surface area contributed by atoms with Gasteiger partial charge in [-0.1, -0.05) is 17.7 Å². The maximum Gasteiger partial charge on any atom is 0.410 e. The van der Waals surface area contributed by atoms with Crippen molar-refractivity contribution < 1.29 is 13.9 Å². The molecule has 4 nitrogen and oxygen atoms in total. The molecule has 0 fully saturated rings. The summed E-state index contributed by atoms with van der Waals surface area (Å²) in [5.74, 6) is 2.49. The molecule has 0 radical (unpaired) electrons. The minimum Gasteiger partial charge on any atom is -0.460 e. The van der Waals surface area contributed by atoms with Gasteiger partial charge >= 0.3 is 6.09 Å². The van der Waals surface area contributed by atoms with E-state index in [1.807, 2.05) is 25.1 Å². The molecule has 2 aromatic rings. The molecule has 0 spiro atoms. The van der Waals surface area contributed by atoms with Crippen LogP contribution in [0.1, 0.15) is 23.8 Å². The first kappa shape index (κ1) is 17.2. The number of amides is 1. The molecule has 1 aliphatic rings. The summed E-state index contributed by atoms with van der Waals surface area (Å²) in [4.78, 5) is 13.9. The van der Waals surface area contributed by atoms with Crippen LogP contribution in [0.25, 0.3) is 11.0 Å². The van der Waals surface area contributed by atoms with Crippen LogP contribution in [0.5, 0.6) is 0 Å². The summed E-state index contributed by atoms with van der Waals surface area (Å²) < 4.78 is 11.2. The normalized spacial score (nSPS) is 13.8. The number of halogens is 1. The number of rotatable bonds is 5. The van der Waals surface area contributed by atoms with E-state index >= 15 is 0 Å². The number of hydrogen-bond acceptors (Lipinski definition) is 4. The molecule has 0 unspecified atom stereocenters. The fourth-order valence-electron chi connectivity index (χ4n) is 3.00. The van der Waals surface area contributed by atoms with E-state index in [-0.39, 0.29) is 6.09 Å². The topological polar surface area (TPSA) is 42.7 Å². The summed E-state index contributed by atoms with van der Waals surface area (Å²) in [7, 11) is 0. The number of thioether (sulfide) groups is 1. The van der Waals surface area contributed by atoms with Crippen LogP contribution >= 0.6 is 23.4 Å². The molecule has 1 aromatic heterocycles. The van der Waals surface area contributed by atoms with Gasteiger partial charge in [-0.05, 0) is 31.0 Å². The number of carbonyl (C=O) groups is 1. The highest BCUT2D eigenvalue weighted by atomic mass is 35.5. The quantitative estimate of drug-likeness (QED) is 0.551. The highest BCUT2D eigenvalue weighted by Gasteiger charge is 2.27. The Morgan fingerprint density at radius 2 is 2.33 bits per heavy atom. The van der Waals surface area contributed by atoms with Crippen LogP contribution in [0.3, 0.4) is 0 Å². The molecule has 1 aromatic carbocycles. The van der Waals surface area contributed by atoms with Gasteiger partial charge in [0.15, 0.2) is 0 Å². The van der Waals surface area contributed by atoms with E-state index in [2.05, 4.69) is 6.58 Å². The molecule has 0 saturated heterocycles. The number of ether oxygens (including phenoxy) is 1. The average molecular weight is 366 g/mol. The van der Waals surface area contributed by atoms with Crippen molar-refractivity contribution in [1.29, 1.82) is 0 Å². The van der Waals surface area contributed by atoms with E-state index in [1.165, 1.54) is 0 Å². The Bertz CT molecular complexity index is 771. The van der Waals surface area contributed by atoms with Crippen LogP contribution in [0, 0.1) is 0 Å². The van der Waals surface area contributed by atoms with Gasteiger partial charge in [0.2, 0.25) is 0 Å². The number of furan rings is 1. The van der Waals surface area contributed by atoms with E-state index in [1.54, 1.807) is 16.7 Å². The van der Waals surface area contributed by atoms with Gasteiger partial charge in [0, 0.05) is 28.3 Å². The van der Waals surface area contributed by atoms with E-state index in [0.29, 0.717) is 26.1 Å². The lowest BCUT2D eigenvalue weighted by Crippen LogP contribution is -2.32. The molecule has 0 bridgehead atoms. The van der Waals surface area contributed by atoms with Crippen LogP contribution in [0.4, 0.5) is 4.79 Å². The first-order chi connectivity index (χ1) is 11.7. The molecule has 6 heteroatoms. The largest absolute Gasteiger partial charge is 0.460 e. The fraction of sp³-hybridized carbons (Fsp3) is 0.389. The van der Waals surface area contributed by atoms with E-state index < -0.39 is 0 Å². The van der Waals surface area contributed by atoms with Crippen molar-refractivity contribution in [2.45, 2.75) is 25.6 Å². The molecule has 1 aliphatic heterocycles. The molecule has 3 rings (SSSR count). The standard InChI is InChI=1S/C18H20ClNO3S/c1-3-9-24-11-16-13-10-20(18(21)22-4-2)8-7-12-14(19)5-6-15(23-16)17(12)13/h3,5-6H,1,4,7-11H2,2H3.